The molecule has 6 rings (SSSR count). The SMILES string of the molecule is [c]1c(-c2cccc3c4c(ccc23)C2=C(CCC=C2)CC4)ccc2ccccc12. The van der Waals surface area contributed by atoms with Crippen molar-refractivity contribution < 1.29 is 0 Å². The third-order valence-corrected chi connectivity index (χ3v) is 6.37. The molecule has 0 aliphatic heterocycles. The number of fused-ring (bicyclic) bond motifs is 5. The lowest BCUT2D eigenvalue weighted by atomic mass is 9.79. The minimum Gasteiger partial charge on any atom is -0.0836 e. The van der Waals surface area contributed by atoms with Gasteiger partial charge in [0.1, 0.15) is 0 Å². The van der Waals surface area contributed by atoms with E-state index >= 15 is 0 Å². The zero-order valence-corrected chi connectivity index (χ0v) is 15.8. The Kier molecular flexibility index (Phi) is 3.52. The molecular formula is C28H21. The predicted molar refractivity (Wildman–Crippen MR) is 119 cm³/mol. The van der Waals surface area contributed by atoms with Crippen LogP contribution in [0.2, 0.25) is 0 Å². The van der Waals surface area contributed by atoms with E-state index in [0.29, 0.717) is 0 Å². The van der Waals surface area contributed by atoms with Gasteiger partial charge in [0.05, 0.1) is 0 Å². The summed E-state index contributed by atoms with van der Waals surface area (Å²) in [7, 11) is 0. The lowest BCUT2D eigenvalue weighted by molar-refractivity contribution is 0.831. The van der Waals surface area contributed by atoms with E-state index in [1.54, 1.807) is 5.57 Å². The summed E-state index contributed by atoms with van der Waals surface area (Å²) >= 11 is 0. The van der Waals surface area contributed by atoms with Crippen LogP contribution in [0, 0.1) is 6.07 Å². The van der Waals surface area contributed by atoms with Crippen molar-refractivity contribution >= 4 is 27.1 Å². The molecule has 2 aliphatic carbocycles. The number of allylic oxidation sites excluding steroid dienone is 4. The summed E-state index contributed by atoms with van der Waals surface area (Å²) in [6, 6.07) is 28.0. The van der Waals surface area contributed by atoms with Gasteiger partial charge in [0.2, 0.25) is 0 Å². The fourth-order valence-corrected chi connectivity index (χ4v) is 4.98. The van der Waals surface area contributed by atoms with Crippen LogP contribution in [-0.2, 0) is 6.42 Å². The molecule has 0 nitrogen and oxygen atoms in total. The van der Waals surface area contributed by atoms with E-state index in [-0.39, 0.29) is 0 Å². The molecule has 4 aromatic rings. The minimum atomic E-state index is 1.16. The van der Waals surface area contributed by atoms with Crippen molar-refractivity contribution in [2.75, 3.05) is 0 Å². The average molecular weight is 357 g/mol. The fourth-order valence-electron chi connectivity index (χ4n) is 4.98. The molecular weight excluding hydrogens is 336 g/mol. The molecule has 28 heavy (non-hydrogen) atoms. The van der Waals surface area contributed by atoms with Gasteiger partial charge in [-0.15, -0.1) is 0 Å². The topological polar surface area (TPSA) is 0 Å². The van der Waals surface area contributed by atoms with Crippen LogP contribution in [0.5, 0.6) is 0 Å². The molecule has 0 heteroatoms. The van der Waals surface area contributed by atoms with Crippen LogP contribution in [-0.4, -0.2) is 0 Å². The zero-order valence-electron chi connectivity index (χ0n) is 15.8. The van der Waals surface area contributed by atoms with Gasteiger partial charge >= 0.3 is 0 Å². The molecule has 0 saturated carbocycles. The molecule has 4 aromatic carbocycles. The highest BCUT2D eigenvalue weighted by Gasteiger charge is 2.21. The number of aryl methyl sites for hydroxylation is 1. The Morgan fingerprint density at radius 3 is 2.64 bits per heavy atom. The standard InChI is InChI=1S/C28H21/c1-2-8-21-18-22(13-12-19(21)6-1)24-10-5-11-25-27(24)17-16-26-23-9-4-3-7-20(23)14-15-28(25)26/h1-2,4-6,8-13,16-17H,3,7,14-15H2. The quantitative estimate of drug-likeness (QED) is 0.331. The van der Waals surface area contributed by atoms with Gasteiger partial charge < -0.3 is 0 Å². The van der Waals surface area contributed by atoms with Crippen LogP contribution in [0.15, 0.2) is 84.5 Å². The Balaban J connectivity index is 1.57. The first kappa shape index (κ1) is 15.9. The van der Waals surface area contributed by atoms with E-state index in [9.17, 15) is 0 Å². The van der Waals surface area contributed by atoms with E-state index < -0.39 is 0 Å². The molecule has 133 valence electrons. The number of rotatable bonds is 1. The van der Waals surface area contributed by atoms with Gasteiger partial charge in [-0.1, -0.05) is 84.5 Å². The molecule has 0 saturated heterocycles. The second kappa shape index (κ2) is 6.21. The smallest absolute Gasteiger partial charge is 0.00141 e. The second-order valence-electron chi connectivity index (χ2n) is 7.91. The number of benzene rings is 4. The molecule has 0 bridgehead atoms. The summed E-state index contributed by atoms with van der Waals surface area (Å²) < 4.78 is 0. The largest absolute Gasteiger partial charge is 0.0836 e. The normalized spacial score (nSPS) is 15.7. The Labute approximate surface area is 165 Å². The van der Waals surface area contributed by atoms with Crippen molar-refractivity contribution in [2.24, 2.45) is 0 Å². The van der Waals surface area contributed by atoms with E-state index in [2.05, 4.69) is 84.9 Å². The first-order chi connectivity index (χ1) is 13.9. The molecule has 0 atom stereocenters. The van der Waals surface area contributed by atoms with Crippen LogP contribution in [0.25, 0.3) is 38.2 Å². The number of hydrogen-bond donors (Lipinski definition) is 0. The first-order valence-corrected chi connectivity index (χ1v) is 10.2. The maximum Gasteiger partial charge on any atom is -0.00141 e. The third-order valence-electron chi connectivity index (χ3n) is 6.37. The summed E-state index contributed by atoms with van der Waals surface area (Å²) in [4.78, 5) is 0. The Hall–Kier alpha value is -3.12. The maximum atomic E-state index is 3.64. The Morgan fingerprint density at radius 2 is 1.64 bits per heavy atom. The van der Waals surface area contributed by atoms with Gasteiger partial charge in [0.15, 0.2) is 0 Å². The van der Waals surface area contributed by atoms with Crippen molar-refractivity contribution in [1.29, 1.82) is 0 Å². The third kappa shape index (κ3) is 2.38. The van der Waals surface area contributed by atoms with Crippen molar-refractivity contribution in [1.82, 2.24) is 0 Å². The van der Waals surface area contributed by atoms with Crippen molar-refractivity contribution in [2.45, 2.75) is 25.7 Å². The lowest BCUT2D eigenvalue weighted by Gasteiger charge is -2.26. The second-order valence-corrected chi connectivity index (χ2v) is 7.91. The highest BCUT2D eigenvalue weighted by Crippen LogP contribution is 2.41. The molecule has 0 amide bonds. The van der Waals surface area contributed by atoms with Gasteiger partial charge in [0, 0.05) is 0 Å². The van der Waals surface area contributed by atoms with Gasteiger partial charge in [-0.05, 0) is 81.1 Å². The van der Waals surface area contributed by atoms with E-state index in [1.165, 1.54) is 68.6 Å². The minimum absolute atomic E-state index is 1.16. The summed E-state index contributed by atoms with van der Waals surface area (Å²) in [5, 5.41) is 5.17. The van der Waals surface area contributed by atoms with Gasteiger partial charge in [-0.2, -0.15) is 0 Å². The van der Waals surface area contributed by atoms with E-state index in [4.69, 9.17) is 0 Å². The first-order valence-electron chi connectivity index (χ1n) is 10.2. The average Bonchev–Trinajstić information content (AvgIpc) is 2.78. The predicted octanol–water partition coefficient (Wildman–Crippen LogP) is 7.51. The van der Waals surface area contributed by atoms with Gasteiger partial charge in [-0.3, -0.25) is 0 Å². The Morgan fingerprint density at radius 1 is 0.679 bits per heavy atom. The molecule has 1 radical (unpaired) electrons. The molecule has 0 aromatic heterocycles. The lowest BCUT2D eigenvalue weighted by Crippen LogP contribution is -2.07. The van der Waals surface area contributed by atoms with Crippen LogP contribution in [0.1, 0.15) is 30.4 Å². The van der Waals surface area contributed by atoms with Crippen molar-refractivity contribution in [3.8, 4) is 11.1 Å². The van der Waals surface area contributed by atoms with Crippen molar-refractivity contribution in [3.63, 3.8) is 0 Å². The summed E-state index contributed by atoms with van der Waals surface area (Å²) in [5.41, 5.74) is 8.56. The zero-order chi connectivity index (χ0) is 18.5. The molecule has 0 heterocycles. The molecule has 0 N–H and O–H groups in total. The van der Waals surface area contributed by atoms with Crippen LogP contribution in [0.3, 0.4) is 0 Å². The summed E-state index contributed by atoms with van der Waals surface area (Å²) in [5.74, 6) is 0. The summed E-state index contributed by atoms with van der Waals surface area (Å²) in [6.45, 7) is 0. The maximum absolute atomic E-state index is 3.64. The van der Waals surface area contributed by atoms with Crippen LogP contribution < -0.4 is 0 Å². The highest BCUT2D eigenvalue weighted by molar-refractivity contribution is 6.02. The highest BCUT2D eigenvalue weighted by atomic mass is 14.3. The van der Waals surface area contributed by atoms with Crippen molar-refractivity contribution in [3.05, 3.63) is 102 Å². The summed E-state index contributed by atoms with van der Waals surface area (Å²) in [6.07, 6.45) is 9.48. The number of hydrogen-bond acceptors (Lipinski definition) is 0. The van der Waals surface area contributed by atoms with Gasteiger partial charge in [-0.25, -0.2) is 0 Å². The molecule has 0 spiro atoms. The van der Waals surface area contributed by atoms with Crippen LogP contribution in [0.4, 0.5) is 0 Å². The molecule has 0 fully saturated rings. The van der Waals surface area contributed by atoms with Gasteiger partial charge in [0.25, 0.3) is 0 Å². The Bertz CT molecular complexity index is 1300. The van der Waals surface area contributed by atoms with E-state index in [1.807, 2.05) is 0 Å². The molecule has 2 aliphatic rings. The molecule has 0 unspecified atom stereocenters. The fraction of sp³-hybridized carbons (Fsp3) is 0.143. The monoisotopic (exact) mass is 357 g/mol. The van der Waals surface area contributed by atoms with E-state index in [0.717, 1.165) is 6.42 Å². The van der Waals surface area contributed by atoms with Crippen LogP contribution >= 0.6 is 0 Å².